The number of aliphatic hydroxyl groups is 1. The molecule has 1 spiro atoms. The fraction of sp³-hybridized carbons (Fsp3) is 0.871. The van der Waals surface area contributed by atoms with Crippen molar-refractivity contribution in [3.05, 3.63) is 11.8 Å². The first kappa shape index (κ1) is 30.1. The third kappa shape index (κ3) is 6.81. The van der Waals surface area contributed by atoms with Crippen LogP contribution < -0.4 is 5.32 Å². The molecule has 1 saturated carbocycles. The van der Waals surface area contributed by atoms with E-state index in [2.05, 4.69) is 40.2 Å². The zero-order chi connectivity index (χ0) is 28.1. The number of amides is 1. The van der Waals surface area contributed by atoms with Gasteiger partial charge in [-0.15, -0.1) is 0 Å². The predicted molar refractivity (Wildman–Crippen MR) is 157 cm³/mol. The third-order valence-electron chi connectivity index (χ3n) is 9.91. The van der Waals surface area contributed by atoms with E-state index in [4.69, 9.17) is 9.47 Å². The van der Waals surface area contributed by atoms with Gasteiger partial charge >= 0.3 is 0 Å². The minimum atomic E-state index is -0.512. The lowest BCUT2D eigenvalue weighted by Gasteiger charge is -2.41. The molecular formula is C31H53N5O4. The lowest BCUT2D eigenvalue weighted by atomic mass is 9.86. The number of nitrogens with zero attached hydrogens (tertiary/aromatic N) is 4. The van der Waals surface area contributed by atoms with E-state index in [1.807, 2.05) is 11.1 Å². The van der Waals surface area contributed by atoms with E-state index in [0.717, 1.165) is 84.2 Å². The van der Waals surface area contributed by atoms with Crippen molar-refractivity contribution in [1.29, 1.82) is 0 Å². The molecule has 4 heterocycles. The molecule has 1 amide bonds. The van der Waals surface area contributed by atoms with Gasteiger partial charge < -0.3 is 24.8 Å². The molecular weight excluding hydrogens is 506 g/mol. The van der Waals surface area contributed by atoms with Crippen molar-refractivity contribution >= 4 is 12.1 Å². The largest absolute Gasteiger partial charge is 0.385 e. The van der Waals surface area contributed by atoms with E-state index in [-0.39, 0.29) is 23.3 Å². The number of likely N-dealkylation sites (tertiary alicyclic amines) is 1. The second kappa shape index (κ2) is 13.7. The molecule has 1 aliphatic carbocycles. The molecule has 0 aromatic rings. The Kier molecular flexibility index (Phi) is 10.3. The highest BCUT2D eigenvalue weighted by molar-refractivity contribution is 5.79. The number of piperidine rings is 1. The quantitative estimate of drug-likeness (QED) is 0.281. The first-order valence-corrected chi connectivity index (χ1v) is 15.9. The number of morpholine rings is 1. The minimum absolute atomic E-state index is 0.0156. The summed E-state index contributed by atoms with van der Waals surface area (Å²) in [5, 5.41) is 15.8. The summed E-state index contributed by atoms with van der Waals surface area (Å²) in [5.74, 6) is 0.750. The van der Waals surface area contributed by atoms with Gasteiger partial charge in [0.05, 0.1) is 19.1 Å². The first-order valence-electron chi connectivity index (χ1n) is 15.9. The molecule has 9 nitrogen and oxygen atoms in total. The van der Waals surface area contributed by atoms with Crippen molar-refractivity contribution in [2.75, 3.05) is 66.2 Å². The summed E-state index contributed by atoms with van der Waals surface area (Å²) in [4.78, 5) is 24.9. The average molecular weight is 560 g/mol. The second-order valence-electron chi connectivity index (χ2n) is 13.2. The van der Waals surface area contributed by atoms with Crippen molar-refractivity contribution in [3.8, 4) is 0 Å². The number of aliphatic imine (C=N–C) groups is 1. The lowest BCUT2D eigenvalue weighted by Crippen LogP contribution is -2.55. The Balaban J connectivity index is 1.29. The van der Waals surface area contributed by atoms with Crippen molar-refractivity contribution in [3.63, 3.8) is 0 Å². The Morgan fingerprint density at radius 2 is 2.10 bits per heavy atom. The number of aliphatic hydroxyl groups excluding tert-OH is 1. The monoisotopic (exact) mass is 559 g/mol. The number of methoxy groups -OCH3 is 1. The van der Waals surface area contributed by atoms with Crippen LogP contribution in [0.4, 0.5) is 0 Å². The van der Waals surface area contributed by atoms with Gasteiger partial charge in [0.2, 0.25) is 5.91 Å². The highest BCUT2D eigenvalue weighted by atomic mass is 16.5. The van der Waals surface area contributed by atoms with Gasteiger partial charge in [-0.25, -0.2) is 0 Å². The normalized spacial score (nSPS) is 33.6. The van der Waals surface area contributed by atoms with Gasteiger partial charge in [-0.2, -0.15) is 0 Å². The van der Waals surface area contributed by atoms with Gasteiger partial charge in [0, 0.05) is 82.4 Å². The van der Waals surface area contributed by atoms with E-state index in [1.54, 1.807) is 7.11 Å². The summed E-state index contributed by atoms with van der Waals surface area (Å²) in [7, 11) is 1.77. The van der Waals surface area contributed by atoms with Crippen LogP contribution in [0.5, 0.6) is 0 Å². The molecule has 9 heteroatoms. The summed E-state index contributed by atoms with van der Waals surface area (Å²) < 4.78 is 10.8. The van der Waals surface area contributed by atoms with Crippen LogP contribution in [0.3, 0.4) is 0 Å². The van der Waals surface area contributed by atoms with E-state index in [9.17, 15) is 9.90 Å². The molecule has 3 saturated heterocycles. The summed E-state index contributed by atoms with van der Waals surface area (Å²) in [6.07, 6.45) is 11.8. The van der Waals surface area contributed by atoms with Crippen molar-refractivity contribution in [2.45, 2.75) is 89.6 Å². The first-order chi connectivity index (χ1) is 19.4. The van der Waals surface area contributed by atoms with Gasteiger partial charge in [0.15, 0.2) is 0 Å². The van der Waals surface area contributed by atoms with Crippen LogP contribution >= 0.6 is 0 Å². The Morgan fingerprint density at radius 3 is 2.83 bits per heavy atom. The lowest BCUT2D eigenvalue weighted by molar-refractivity contribution is -0.141. The average Bonchev–Trinajstić information content (AvgIpc) is 3.47. The van der Waals surface area contributed by atoms with Crippen LogP contribution in [-0.4, -0.2) is 122 Å². The van der Waals surface area contributed by atoms with Crippen LogP contribution in [0.1, 0.15) is 65.2 Å². The highest BCUT2D eigenvalue weighted by Gasteiger charge is 2.61. The predicted octanol–water partition coefficient (Wildman–Crippen LogP) is 2.50. The number of carbonyl (C=O) groups is 1. The maximum absolute atomic E-state index is 13.4. The summed E-state index contributed by atoms with van der Waals surface area (Å²) in [6.45, 7) is 11.5. The number of hydrogen-bond acceptors (Lipinski definition) is 8. The molecule has 5 unspecified atom stereocenters. The van der Waals surface area contributed by atoms with E-state index < -0.39 is 6.23 Å². The molecule has 0 bridgehead atoms. The topological polar surface area (TPSA) is 89.9 Å². The van der Waals surface area contributed by atoms with Crippen LogP contribution in [0.2, 0.25) is 0 Å². The van der Waals surface area contributed by atoms with E-state index >= 15 is 0 Å². The fourth-order valence-electron chi connectivity index (χ4n) is 7.86. The summed E-state index contributed by atoms with van der Waals surface area (Å²) >= 11 is 0. The second-order valence-corrected chi connectivity index (χ2v) is 13.2. The van der Waals surface area contributed by atoms with Gasteiger partial charge in [-0.1, -0.05) is 13.8 Å². The van der Waals surface area contributed by atoms with E-state index in [0.29, 0.717) is 44.3 Å². The van der Waals surface area contributed by atoms with Gasteiger partial charge in [0.1, 0.15) is 6.23 Å². The number of carbonyl (C=O) groups excluding carboxylic acids is 1. The Hall–Kier alpha value is -1.36. The minimum Gasteiger partial charge on any atom is -0.385 e. The molecule has 0 aromatic carbocycles. The zero-order valence-electron chi connectivity index (χ0n) is 25.1. The molecule has 5 rings (SSSR count). The maximum atomic E-state index is 13.4. The van der Waals surface area contributed by atoms with Crippen LogP contribution in [0.15, 0.2) is 16.8 Å². The van der Waals surface area contributed by atoms with Crippen LogP contribution in [-0.2, 0) is 14.3 Å². The number of nitrogens with one attached hydrogen (secondary N) is 1. The van der Waals surface area contributed by atoms with E-state index in [1.165, 1.54) is 5.57 Å². The van der Waals surface area contributed by atoms with Gasteiger partial charge in [-0.05, 0) is 69.4 Å². The smallest absolute Gasteiger partial charge is 0.227 e. The number of rotatable bonds is 12. The maximum Gasteiger partial charge on any atom is 0.227 e. The molecule has 2 N–H and O–H groups in total. The SMILES string of the molecule is COCCCCN1C(C2=CN=CCC2)CCC1C(O)N(CC(C)C)C1CC12CNC[C@H](C(=O)N1CCOCC1)C2. The van der Waals surface area contributed by atoms with Crippen molar-refractivity contribution in [2.24, 2.45) is 22.2 Å². The Bertz CT molecular complexity index is 906. The van der Waals surface area contributed by atoms with Crippen molar-refractivity contribution in [1.82, 2.24) is 20.0 Å². The number of ether oxygens (including phenoxy) is 2. The zero-order valence-corrected chi connectivity index (χ0v) is 25.1. The molecule has 0 aromatic heterocycles. The third-order valence-corrected chi connectivity index (χ3v) is 9.91. The summed E-state index contributed by atoms with van der Waals surface area (Å²) in [5.41, 5.74) is 1.49. The summed E-state index contributed by atoms with van der Waals surface area (Å²) in [6, 6.07) is 0.782. The molecule has 5 aliphatic rings. The molecule has 0 radical (unpaired) electrons. The van der Waals surface area contributed by atoms with Crippen LogP contribution in [0.25, 0.3) is 0 Å². The van der Waals surface area contributed by atoms with Gasteiger partial charge in [0.25, 0.3) is 0 Å². The molecule has 226 valence electrons. The molecule has 40 heavy (non-hydrogen) atoms. The Morgan fingerprint density at radius 1 is 1.27 bits per heavy atom. The number of hydrogen-bond donors (Lipinski definition) is 2. The van der Waals surface area contributed by atoms with Gasteiger partial charge in [-0.3, -0.25) is 19.6 Å². The number of unbranched alkanes of at least 4 members (excludes halogenated alkanes) is 1. The van der Waals surface area contributed by atoms with Crippen molar-refractivity contribution < 1.29 is 19.4 Å². The fourth-order valence-corrected chi connectivity index (χ4v) is 7.86. The standard InChI is InChI=1S/C31H53N5O4/c1-23(2)21-36(28-18-31(28)17-25(20-33-22-31)29(37)34-12-15-40-16-13-34)30(38)27-9-8-26(24-7-6-10-32-19-24)35(27)11-4-5-14-39-3/h10,19,23,25-28,30,33,38H,4-9,11-18,20-22H2,1-3H3/t25-,26?,27?,28?,30?,31?/m1/s1. The highest BCUT2D eigenvalue weighted by Crippen LogP contribution is 2.56. The molecule has 4 fully saturated rings. The molecule has 6 atom stereocenters. The molecule has 4 aliphatic heterocycles. The van der Waals surface area contributed by atoms with Crippen LogP contribution in [0, 0.1) is 17.3 Å². The Labute approximate surface area is 241 Å².